The van der Waals surface area contributed by atoms with Crippen LogP contribution in [0.15, 0.2) is 78.9 Å². The fourth-order valence-corrected chi connectivity index (χ4v) is 4.60. The molecule has 0 unspecified atom stereocenters. The number of nitrogens with one attached hydrogen (secondary N) is 1. The Labute approximate surface area is 161 Å². The number of likely N-dealkylation sites (tertiary alicyclic amines) is 1. The van der Waals surface area contributed by atoms with E-state index >= 15 is 0 Å². The van der Waals surface area contributed by atoms with E-state index < -0.39 is 0 Å². The van der Waals surface area contributed by atoms with Gasteiger partial charge in [0.1, 0.15) is 0 Å². The van der Waals surface area contributed by atoms with E-state index in [1.165, 1.54) is 27.8 Å². The molecule has 3 aromatic rings. The quantitative estimate of drug-likeness (QED) is 0.749. The molecular formula is C25H26N2. The molecule has 136 valence electrons. The third-order valence-electron chi connectivity index (χ3n) is 6.08. The fraction of sp³-hybridized carbons (Fsp3) is 0.280. The highest BCUT2D eigenvalue weighted by Crippen LogP contribution is 2.38. The Bertz CT molecular complexity index is 865. The summed E-state index contributed by atoms with van der Waals surface area (Å²) in [5.41, 5.74) is 7.40. The molecule has 1 aliphatic carbocycles. The lowest BCUT2D eigenvalue weighted by Crippen LogP contribution is -2.58. The molecule has 2 nitrogen and oxygen atoms in total. The predicted molar refractivity (Wildman–Crippen MR) is 111 cm³/mol. The van der Waals surface area contributed by atoms with E-state index in [0.717, 1.165) is 32.5 Å². The van der Waals surface area contributed by atoms with Crippen LogP contribution in [0.3, 0.4) is 0 Å². The van der Waals surface area contributed by atoms with Gasteiger partial charge in [-0.3, -0.25) is 4.90 Å². The lowest BCUT2D eigenvalue weighted by molar-refractivity contribution is 0.0920. The number of fused-ring (bicyclic) bond motifs is 2. The molecule has 2 heteroatoms. The molecule has 1 fully saturated rings. The van der Waals surface area contributed by atoms with E-state index in [0.29, 0.717) is 12.1 Å². The highest BCUT2D eigenvalue weighted by molar-refractivity contribution is 5.44. The van der Waals surface area contributed by atoms with Gasteiger partial charge in [-0.2, -0.15) is 0 Å². The van der Waals surface area contributed by atoms with E-state index in [1.807, 2.05) is 0 Å². The van der Waals surface area contributed by atoms with Crippen LogP contribution in [0.1, 0.15) is 33.9 Å². The molecule has 1 saturated heterocycles. The van der Waals surface area contributed by atoms with Gasteiger partial charge < -0.3 is 5.32 Å². The molecule has 0 radical (unpaired) electrons. The molecule has 1 N–H and O–H groups in total. The molecule has 1 aliphatic heterocycles. The predicted octanol–water partition coefficient (Wildman–Crippen LogP) is 4.35. The van der Waals surface area contributed by atoms with Gasteiger partial charge in [0.25, 0.3) is 0 Å². The van der Waals surface area contributed by atoms with Crippen molar-refractivity contribution in [2.24, 2.45) is 0 Å². The second-order valence-corrected chi connectivity index (χ2v) is 7.82. The monoisotopic (exact) mass is 354 g/mol. The summed E-state index contributed by atoms with van der Waals surface area (Å²) in [5, 5.41) is 3.73. The Kier molecular flexibility index (Phi) is 4.52. The summed E-state index contributed by atoms with van der Waals surface area (Å²) in [5.74, 6) is 0. The van der Waals surface area contributed by atoms with Crippen LogP contribution in [0.4, 0.5) is 0 Å². The fourth-order valence-electron chi connectivity index (χ4n) is 4.60. The maximum atomic E-state index is 3.73. The molecule has 3 aromatic carbocycles. The summed E-state index contributed by atoms with van der Waals surface area (Å²) in [6, 6.07) is 29.8. The number of hydrogen-bond donors (Lipinski definition) is 1. The van der Waals surface area contributed by atoms with Crippen LogP contribution in [0, 0.1) is 0 Å². The number of rotatable bonds is 4. The van der Waals surface area contributed by atoms with Gasteiger partial charge in [-0.05, 0) is 40.7 Å². The number of aryl methyl sites for hydroxylation is 2. The summed E-state index contributed by atoms with van der Waals surface area (Å²) < 4.78 is 0. The molecular weight excluding hydrogens is 328 g/mol. The van der Waals surface area contributed by atoms with Crippen molar-refractivity contribution in [3.63, 3.8) is 0 Å². The Balaban J connectivity index is 1.35. The third kappa shape index (κ3) is 3.31. The first-order valence-electron chi connectivity index (χ1n) is 10.1. The largest absolute Gasteiger partial charge is 0.307 e. The zero-order valence-corrected chi connectivity index (χ0v) is 15.6. The highest BCUT2D eigenvalue weighted by Gasteiger charge is 2.36. The van der Waals surface area contributed by atoms with Crippen LogP contribution < -0.4 is 5.32 Å². The van der Waals surface area contributed by atoms with Crippen molar-refractivity contribution in [3.8, 4) is 0 Å². The van der Waals surface area contributed by atoms with Crippen molar-refractivity contribution in [3.05, 3.63) is 107 Å². The van der Waals surface area contributed by atoms with Crippen LogP contribution in [-0.2, 0) is 19.4 Å². The van der Waals surface area contributed by atoms with Gasteiger partial charge in [0, 0.05) is 25.7 Å². The third-order valence-corrected chi connectivity index (χ3v) is 6.08. The van der Waals surface area contributed by atoms with Crippen molar-refractivity contribution in [2.75, 3.05) is 13.1 Å². The van der Waals surface area contributed by atoms with Crippen LogP contribution in [0.25, 0.3) is 0 Å². The molecule has 5 rings (SSSR count). The standard InChI is InChI=1S/C25H26N2/c1-2-8-19(9-3-1)16-26-22-17-27(18-22)25-23-12-6-4-10-20(23)14-15-21-11-5-7-13-24(21)25/h1-13,22,25-26H,14-18H2. The topological polar surface area (TPSA) is 15.3 Å². The molecule has 0 bridgehead atoms. The zero-order chi connectivity index (χ0) is 18.1. The molecule has 0 amide bonds. The van der Waals surface area contributed by atoms with E-state index in [1.54, 1.807) is 0 Å². The second kappa shape index (κ2) is 7.30. The molecule has 0 saturated carbocycles. The average Bonchev–Trinajstić information content (AvgIpc) is 2.85. The lowest BCUT2D eigenvalue weighted by atomic mass is 9.90. The van der Waals surface area contributed by atoms with Crippen molar-refractivity contribution in [1.29, 1.82) is 0 Å². The van der Waals surface area contributed by atoms with Crippen molar-refractivity contribution < 1.29 is 0 Å². The summed E-state index contributed by atoms with van der Waals surface area (Å²) >= 11 is 0. The normalized spacial score (nSPS) is 17.6. The summed E-state index contributed by atoms with van der Waals surface area (Å²) in [6.45, 7) is 3.18. The van der Waals surface area contributed by atoms with Gasteiger partial charge >= 0.3 is 0 Å². The Morgan fingerprint density at radius 3 is 1.89 bits per heavy atom. The van der Waals surface area contributed by atoms with E-state index in [4.69, 9.17) is 0 Å². The highest BCUT2D eigenvalue weighted by atomic mass is 15.3. The summed E-state index contributed by atoms with van der Waals surface area (Å²) in [4.78, 5) is 2.64. The number of nitrogens with zero attached hydrogens (tertiary/aromatic N) is 1. The minimum absolute atomic E-state index is 0.398. The van der Waals surface area contributed by atoms with Crippen molar-refractivity contribution in [2.45, 2.75) is 31.5 Å². The minimum atomic E-state index is 0.398. The summed E-state index contributed by atoms with van der Waals surface area (Å²) in [7, 11) is 0. The molecule has 27 heavy (non-hydrogen) atoms. The molecule has 2 aliphatic rings. The van der Waals surface area contributed by atoms with Gasteiger partial charge in [0.05, 0.1) is 6.04 Å². The molecule has 0 aromatic heterocycles. The summed E-state index contributed by atoms with van der Waals surface area (Å²) in [6.07, 6.45) is 2.29. The maximum Gasteiger partial charge on any atom is 0.0608 e. The Morgan fingerprint density at radius 1 is 0.704 bits per heavy atom. The number of benzene rings is 3. The van der Waals surface area contributed by atoms with Crippen molar-refractivity contribution >= 4 is 0 Å². The smallest absolute Gasteiger partial charge is 0.0608 e. The van der Waals surface area contributed by atoms with Crippen LogP contribution in [0.2, 0.25) is 0 Å². The molecule has 0 spiro atoms. The van der Waals surface area contributed by atoms with Crippen LogP contribution in [0.5, 0.6) is 0 Å². The zero-order valence-electron chi connectivity index (χ0n) is 15.6. The van der Waals surface area contributed by atoms with Gasteiger partial charge in [-0.15, -0.1) is 0 Å². The van der Waals surface area contributed by atoms with Gasteiger partial charge in [-0.1, -0.05) is 78.9 Å². The van der Waals surface area contributed by atoms with E-state index in [-0.39, 0.29) is 0 Å². The Morgan fingerprint density at radius 2 is 1.26 bits per heavy atom. The van der Waals surface area contributed by atoms with E-state index in [2.05, 4.69) is 89.1 Å². The van der Waals surface area contributed by atoms with Crippen LogP contribution in [-0.4, -0.2) is 24.0 Å². The van der Waals surface area contributed by atoms with Gasteiger partial charge in [0.2, 0.25) is 0 Å². The molecule has 0 atom stereocenters. The average molecular weight is 354 g/mol. The molecule has 1 heterocycles. The van der Waals surface area contributed by atoms with Gasteiger partial charge in [-0.25, -0.2) is 0 Å². The second-order valence-electron chi connectivity index (χ2n) is 7.82. The first-order valence-corrected chi connectivity index (χ1v) is 10.1. The van der Waals surface area contributed by atoms with E-state index in [9.17, 15) is 0 Å². The van der Waals surface area contributed by atoms with Crippen LogP contribution >= 0.6 is 0 Å². The Hall–Kier alpha value is -2.42. The first-order chi connectivity index (χ1) is 13.4. The SMILES string of the molecule is c1ccc(CNC2CN(C3c4ccccc4CCc4ccccc43)C2)cc1. The minimum Gasteiger partial charge on any atom is -0.307 e. The maximum absolute atomic E-state index is 3.73. The van der Waals surface area contributed by atoms with Gasteiger partial charge in [0.15, 0.2) is 0 Å². The lowest BCUT2D eigenvalue weighted by Gasteiger charge is -2.45. The first kappa shape index (κ1) is 16.7. The van der Waals surface area contributed by atoms with Crippen molar-refractivity contribution in [1.82, 2.24) is 10.2 Å². The number of hydrogen-bond acceptors (Lipinski definition) is 2.